The molecule has 0 unspecified atom stereocenters. The van der Waals surface area contributed by atoms with E-state index in [-0.39, 0.29) is 17.2 Å². The lowest BCUT2D eigenvalue weighted by Crippen LogP contribution is -2.31. The van der Waals surface area contributed by atoms with Gasteiger partial charge in [-0.25, -0.2) is 4.79 Å². The SMILES string of the molecule is COC(=O)C1=C(N)OC2=C(C(=O)CCC2)[C@@H]1c1cc(Br)c(OCc2ccccc2)c(OC)c1. The van der Waals surface area contributed by atoms with Gasteiger partial charge in [-0.3, -0.25) is 4.79 Å². The Morgan fingerprint density at radius 3 is 2.64 bits per heavy atom. The van der Waals surface area contributed by atoms with E-state index in [2.05, 4.69) is 15.9 Å². The first-order valence-electron chi connectivity index (χ1n) is 10.5. The topological polar surface area (TPSA) is 97.1 Å². The smallest absolute Gasteiger partial charge is 0.340 e. The number of esters is 1. The van der Waals surface area contributed by atoms with Crippen LogP contribution >= 0.6 is 15.9 Å². The molecule has 7 nitrogen and oxygen atoms in total. The summed E-state index contributed by atoms with van der Waals surface area (Å²) in [6.45, 7) is 0.348. The third-order valence-electron chi connectivity index (χ3n) is 5.70. The third-order valence-corrected chi connectivity index (χ3v) is 6.29. The van der Waals surface area contributed by atoms with E-state index < -0.39 is 11.9 Å². The van der Waals surface area contributed by atoms with Gasteiger partial charge in [0.1, 0.15) is 17.9 Å². The summed E-state index contributed by atoms with van der Waals surface area (Å²) < 4.78 is 22.9. The average molecular weight is 514 g/mol. The quantitative estimate of drug-likeness (QED) is 0.567. The summed E-state index contributed by atoms with van der Waals surface area (Å²) >= 11 is 3.57. The number of benzene rings is 2. The molecule has 1 atom stereocenters. The van der Waals surface area contributed by atoms with Gasteiger partial charge >= 0.3 is 5.97 Å². The molecule has 0 radical (unpaired) electrons. The van der Waals surface area contributed by atoms with Crippen LogP contribution < -0.4 is 15.2 Å². The molecule has 172 valence electrons. The van der Waals surface area contributed by atoms with Crippen LogP contribution in [-0.2, 0) is 25.7 Å². The Kier molecular flexibility index (Phi) is 6.74. The van der Waals surface area contributed by atoms with E-state index in [1.54, 1.807) is 6.07 Å². The highest BCUT2D eigenvalue weighted by Crippen LogP contribution is 2.47. The van der Waals surface area contributed by atoms with Crippen molar-refractivity contribution in [3.63, 3.8) is 0 Å². The average Bonchev–Trinajstić information content (AvgIpc) is 2.82. The summed E-state index contributed by atoms with van der Waals surface area (Å²) in [6.07, 6.45) is 1.62. The van der Waals surface area contributed by atoms with Crippen LogP contribution in [0.5, 0.6) is 11.5 Å². The number of hydrogen-bond donors (Lipinski definition) is 1. The van der Waals surface area contributed by atoms with Crippen LogP contribution in [0.25, 0.3) is 0 Å². The largest absolute Gasteiger partial charge is 0.493 e. The first-order chi connectivity index (χ1) is 15.9. The number of hydrogen-bond acceptors (Lipinski definition) is 7. The maximum absolute atomic E-state index is 12.9. The van der Waals surface area contributed by atoms with Crippen molar-refractivity contribution in [2.24, 2.45) is 5.73 Å². The van der Waals surface area contributed by atoms with Crippen LogP contribution in [0, 0.1) is 0 Å². The molecule has 2 aliphatic rings. The molecule has 1 heterocycles. The van der Waals surface area contributed by atoms with Gasteiger partial charge in [0.15, 0.2) is 17.3 Å². The van der Waals surface area contributed by atoms with E-state index >= 15 is 0 Å². The van der Waals surface area contributed by atoms with Gasteiger partial charge in [-0.1, -0.05) is 30.3 Å². The number of ether oxygens (including phenoxy) is 4. The van der Waals surface area contributed by atoms with Crippen molar-refractivity contribution in [3.05, 3.63) is 80.9 Å². The van der Waals surface area contributed by atoms with Crippen molar-refractivity contribution in [2.45, 2.75) is 31.8 Å². The Morgan fingerprint density at radius 2 is 1.94 bits per heavy atom. The third kappa shape index (κ3) is 4.48. The van der Waals surface area contributed by atoms with E-state index in [9.17, 15) is 9.59 Å². The summed E-state index contributed by atoms with van der Waals surface area (Å²) in [5, 5.41) is 0. The highest BCUT2D eigenvalue weighted by molar-refractivity contribution is 9.10. The zero-order chi connectivity index (χ0) is 23.5. The molecule has 2 aromatic carbocycles. The number of allylic oxidation sites excluding steroid dienone is 2. The van der Waals surface area contributed by atoms with E-state index in [4.69, 9.17) is 24.7 Å². The molecule has 0 saturated carbocycles. The Hall–Kier alpha value is -3.26. The first-order valence-corrected chi connectivity index (χ1v) is 11.3. The van der Waals surface area contributed by atoms with Crippen molar-refractivity contribution in [1.29, 1.82) is 0 Å². The van der Waals surface area contributed by atoms with E-state index in [0.29, 0.717) is 58.7 Å². The molecule has 2 N–H and O–H groups in total. The van der Waals surface area contributed by atoms with Crippen molar-refractivity contribution >= 4 is 27.7 Å². The normalized spacial score (nSPS) is 17.9. The van der Waals surface area contributed by atoms with Crippen molar-refractivity contribution in [3.8, 4) is 11.5 Å². The lowest BCUT2D eigenvalue weighted by Gasteiger charge is -2.32. The number of carbonyl (C=O) groups is 2. The van der Waals surface area contributed by atoms with Crippen LogP contribution in [-0.4, -0.2) is 26.0 Å². The van der Waals surface area contributed by atoms with Crippen molar-refractivity contribution < 1.29 is 28.5 Å². The minimum Gasteiger partial charge on any atom is -0.493 e. The second-order valence-corrected chi connectivity index (χ2v) is 8.58. The summed E-state index contributed by atoms with van der Waals surface area (Å²) in [5.41, 5.74) is 8.30. The fraction of sp³-hybridized carbons (Fsp3) is 0.280. The molecule has 0 aromatic heterocycles. The van der Waals surface area contributed by atoms with Gasteiger partial charge in [-0.2, -0.15) is 0 Å². The predicted molar refractivity (Wildman–Crippen MR) is 124 cm³/mol. The van der Waals surface area contributed by atoms with Crippen LogP contribution in [0.15, 0.2) is 69.7 Å². The molecule has 8 heteroatoms. The molecular formula is C25H24BrNO6. The Bertz CT molecular complexity index is 1150. The second-order valence-electron chi connectivity index (χ2n) is 7.73. The van der Waals surface area contributed by atoms with E-state index in [1.165, 1.54) is 14.2 Å². The molecular weight excluding hydrogens is 490 g/mol. The van der Waals surface area contributed by atoms with Crippen LogP contribution in [0.2, 0.25) is 0 Å². The van der Waals surface area contributed by atoms with Gasteiger partial charge in [0.2, 0.25) is 5.88 Å². The molecule has 4 rings (SSSR count). The van der Waals surface area contributed by atoms with Crippen molar-refractivity contribution in [2.75, 3.05) is 14.2 Å². The molecule has 1 aliphatic heterocycles. The standard InChI is InChI=1S/C25H24BrNO6/c1-30-19-12-15(11-16(26)23(19)32-13-14-7-4-3-5-8-14)20-21-17(28)9-6-10-18(21)33-24(27)22(20)25(29)31-2/h3-5,7-8,11-12,20H,6,9-10,13,27H2,1-2H3/t20-/m0/s1. The molecule has 33 heavy (non-hydrogen) atoms. The molecule has 0 spiro atoms. The minimum atomic E-state index is -0.734. The molecule has 0 amide bonds. The van der Waals surface area contributed by atoms with Gasteiger partial charge in [-0.05, 0) is 45.6 Å². The van der Waals surface area contributed by atoms with Gasteiger partial charge in [0.25, 0.3) is 0 Å². The highest BCUT2D eigenvalue weighted by atomic mass is 79.9. The van der Waals surface area contributed by atoms with Gasteiger partial charge in [0.05, 0.1) is 24.6 Å². The monoisotopic (exact) mass is 513 g/mol. The van der Waals surface area contributed by atoms with Gasteiger partial charge in [0, 0.05) is 18.4 Å². The lowest BCUT2D eigenvalue weighted by atomic mass is 9.77. The number of Topliss-reactive ketones (excluding diaryl/α,β-unsaturated/α-hetero) is 1. The summed E-state index contributed by atoms with van der Waals surface area (Å²) in [4.78, 5) is 25.6. The first kappa shape index (κ1) is 22.9. The highest BCUT2D eigenvalue weighted by Gasteiger charge is 2.41. The van der Waals surface area contributed by atoms with Gasteiger partial charge in [-0.15, -0.1) is 0 Å². The van der Waals surface area contributed by atoms with Crippen LogP contribution in [0.4, 0.5) is 0 Å². The van der Waals surface area contributed by atoms with Crippen molar-refractivity contribution in [1.82, 2.24) is 0 Å². The predicted octanol–water partition coefficient (Wildman–Crippen LogP) is 4.50. The number of ketones is 1. The fourth-order valence-corrected chi connectivity index (χ4v) is 4.75. The second kappa shape index (κ2) is 9.70. The Labute approximate surface area is 200 Å². The molecule has 0 saturated heterocycles. The maximum Gasteiger partial charge on any atom is 0.340 e. The molecule has 2 aromatic rings. The Morgan fingerprint density at radius 1 is 1.18 bits per heavy atom. The minimum absolute atomic E-state index is 0.0557. The fourth-order valence-electron chi connectivity index (χ4n) is 4.17. The zero-order valence-electron chi connectivity index (χ0n) is 18.4. The Balaban J connectivity index is 1.78. The number of nitrogens with two attached hydrogens (primary N) is 1. The van der Waals surface area contributed by atoms with E-state index in [0.717, 1.165) is 5.56 Å². The lowest BCUT2D eigenvalue weighted by molar-refractivity contribution is -0.136. The number of rotatable bonds is 6. The van der Waals surface area contributed by atoms with E-state index in [1.807, 2.05) is 36.4 Å². The number of methoxy groups -OCH3 is 2. The number of halogens is 1. The molecule has 0 bridgehead atoms. The molecule has 0 fully saturated rings. The van der Waals surface area contributed by atoms with Crippen LogP contribution in [0.3, 0.4) is 0 Å². The maximum atomic E-state index is 12.9. The summed E-state index contributed by atoms with van der Waals surface area (Å²) in [6, 6.07) is 13.3. The molecule has 1 aliphatic carbocycles. The summed E-state index contributed by atoms with van der Waals surface area (Å²) in [7, 11) is 2.80. The number of carbonyl (C=O) groups excluding carboxylic acids is 2. The zero-order valence-corrected chi connectivity index (χ0v) is 19.9. The van der Waals surface area contributed by atoms with Gasteiger partial charge < -0.3 is 24.7 Å². The summed E-state index contributed by atoms with van der Waals surface area (Å²) in [5.74, 6) is -0.0486. The van der Waals surface area contributed by atoms with Crippen LogP contribution in [0.1, 0.15) is 36.3 Å².